The SMILES string of the molecule is Cc1ccc(-c2nc(-c3ccccc3)sc2CC(=O)NCC2CCCC3(CCN(C(=O)OC(C)(C)C)CC3)O2)cc1. The Bertz CT molecular complexity index is 1340. The number of aryl methyl sites for hydroxylation is 1. The van der Waals surface area contributed by atoms with Crippen molar-refractivity contribution in [3.05, 3.63) is 65.0 Å². The number of carbonyl (C=O) groups excluding carboxylic acids is 2. The van der Waals surface area contributed by atoms with Crippen molar-refractivity contribution in [1.29, 1.82) is 0 Å². The van der Waals surface area contributed by atoms with Gasteiger partial charge in [-0.1, -0.05) is 60.2 Å². The zero-order chi connectivity index (χ0) is 29.0. The molecule has 41 heavy (non-hydrogen) atoms. The van der Waals surface area contributed by atoms with E-state index in [4.69, 9.17) is 14.5 Å². The molecule has 8 heteroatoms. The Morgan fingerprint density at radius 2 is 1.76 bits per heavy atom. The number of likely N-dealkylation sites (tertiary alicyclic amines) is 1. The number of nitrogens with zero attached hydrogens (tertiary/aromatic N) is 2. The summed E-state index contributed by atoms with van der Waals surface area (Å²) in [5.74, 6) is -0.0235. The lowest BCUT2D eigenvalue weighted by atomic mass is 9.83. The standard InChI is InChI=1S/C33H41N3O4S/c1-23-12-14-24(15-13-23)29-27(41-30(35-29)25-9-6-5-7-10-25)21-28(37)34-22-26-11-8-16-33(39-26)17-19-36(20-18-33)31(38)40-32(2,3)4/h5-7,9-10,12-15,26H,8,11,16-22H2,1-4H3,(H,34,37). The average Bonchev–Trinajstić information content (AvgIpc) is 3.36. The van der Waals surface area contributed by atoms with Crippen LogP contribution in [0.2, 0.25) is 0 Å². The largest absolute Gasteiger partial charge is 0.444 e. The van der Waals surface area contributed by atoms with Crippen LogP contribution in [0, 0.1) is 6.92 Å². The van der Waals surface area contributed by atoms with Gasteiger partial charge in [0.05, 0.1) is 23.8 Å². The number of aromatic nitrogens is 1. The van der Waals surface area contributed by atoms with Gasteiger partial charge in [-0.25, -0.2) is 9.78 Å². The van der Waals surface area contributed by atoms with E-state index in [-0.39, 0.29) is 30.1 Å². The normalized spacial score (nSPS) is 18.7. The number of piperidine rings is 1. The number of nitrogens with one attached hydrogen (secondary N) is 1. The first-order valence-corrected chi connectivity index (χ1v) is 15.5. The minimum Gasteiger partial charge on any atom is -0.444 e. The molecule has 0 aliphatic carbocycles. The second-order valence-corrected chi connectivity index (χ2v) is 13.4. The van der Waals surface area contributed by atoms with Crippen LogP contribution < -0.4 is 5.32 Å². The van der Waals surface area contributed by atoms with E-state index in [1.54, 1.807) is 16.2 Å². The minimum atomic E-state index is -0.500. The summed E-state index contributed by atoms with van der Waals surface area (Å²) in [4.78, 5) is 33.4. The molecular weight excluding hydrogens is 534 g/mol. The third-order valence-corrected chi connectivity index (χ3v) is 8.90. The summed E-state index contributed by atoms with van der Waals surface area (Å²) in [6.07, 6.45) is 4.54. The van der Waals surface area contributed by atoms with E-state index in [1.165, 1.54) is 5.56 Å². The Morgan fingerprint density at radius 3 is 2.44 bits per heavy atom. The van der Waals surface area contributed by atoms with E-state index in [1.807, 2.05) is 39.0 Å². The third kappa shape index (κ3) is 7.54. The highest BCUT2D eigenvalue weighted by atomic mass is 32.1. The van der Waals surface area contributed by atoms with Crippen LogP contribution in [0.4, 0.5) is 4.79 Å². The number of thiazole rings is 1. The molecule has 2 aliphatic rings. The molecule has 1 spiro atoms. The third-order valence-electron chi connectivity index (χ3n) is 7.79. The molecule has 0 saturated carbocycles. The van der Waals surface area contributed by atoms with Crippen LogP contribution in [0.3, 0.4) is 0 Å². The zero-order valence-electron chi connectivity index (χ0n) is 24.6. The lowest BCUT2D eigenvalue weighted by Gasteiger charge is -2.46. The molecule has 1 atom stereocenters. The van der Waals surface area contributed by atoms with Crippen LogP contribution in [0.1, 0.15) is 63.3 Å². The van der Waals surface area contributed by atoms with Crippen molar-refractivity contribution in [2.24, 2.45) is 0 Å². The lowest BCUT2D eigenvalue weighted by Crippen LogP contribution is -2.53. The van der Waals surface area contributed by atoms with E-state index in [2.05, 4.69) is 48.6 Å². The first-order chi connectivity index (χ1) is 19.6. The van der Waals surface area contributed by atoms with Crippen molar-refractivity contribution < 1.29 is 19.1 Å². The number of rotatable bonds is 6. The molecule has 1 unspecified atom stereocenters. The van der Waals surface area contributed by atoms with E-state index >= 15 is 0 Å². The van der Waals surface area contributed by atoms with E-state index in [9.17, 15) is 9.59 Å². The van der Waals surface area contributed by atoms with Gasteiger partial charge in [-0.15, -0.1) is 11.3 Å². The number of amides is 2. The molecule has 2 fully saturated rings. The van der Waals surface area contributed by atoms with Crippen LogP contribution in [-0.2, 0) is 20.7 Å². The van der Waals surface area contributed by atoms with Gasteiger partial charge < -0.3 is 19.7 Å². The summed E-state index contributed by atoms with van der Waals surface area (Å²) in [5.41, 5.74) is 3.40. The summed E-state index contributed by atoms with van der Waals surface area (Å²) in [7, 11) is 0. The summed E-state index contributed by atoms with van der Waals surface area (Å²) in [6.45, 7) is 9.48. The predicted octanol–water partition coefficient (Wildman–Crippen LogP) is 6.78. The molecule has 2 aliphatic heterocycles. The van der Waals surface area contributed by atoms with Crippen LogP contribution in [-0.4, -0.2) is 58.8 Å². The maximum Gasteiger partial charge on any atom is 0.410 e. The van der Waals surface area contributed by atoms with Crippen LogP contribution in [0.15, 0.2) is 54.6 Å². The number of hydrogen-bond acceptors (Lipinski definition) is 6. The van der Waals surface area contributed by atoms with Gasteiger partial charge >= 0.3 is 6.09 Å². The molecule has 2 aromatic carbocycles. The van der Waals surface area contributed by atoms with Crippen LogP contribution in [0.5, 0.6) is 0 Å². The lowest BCUT2D eigenvalue weighted by molar-refractivity contribution is -0.152. The average molecular weight is 576 g/mol. The van der Waals surface area contributed by atoms with Gasteiger partial charge in [0.2, 0.25) is 5.91 Å². The quantitative estimate of drug-likeness (QED) is 0.350. The molecule has 3 aromatic rings. The van der Waals surface area contributed by atoms with Crippen molar-refractivity contribution in [3.8, 4) is 21.8 Å². The Labute approximate surface area is 247 Å². The van der Waals surface area contributed by atoms with Gasteiger partial charge in [-0.05, 0) is 59.8 Å². The fourth-order valence-electron chi connectivity index (χ4n) is 5.61. The monoisotopic (exact) mass is 575 g/mol. The molecule has 0 bridgehead atoms. The van der Waals surface area contributed by atoms with Gasteiger partial charge in [0.25, 0.3) is 0 Å². The molecule has 5 rings (SSSR count). The summed E-state index contributed by atoms with van der Waals surface area (Å²) < 4.78 is 12.2. The van der Waals surface area contributed by atoms with Gasteiger partial charge in [0.1, 0.15) is 10.6 Å². The highest BCUT2D eigenvalue weighted by Crippen LogP contribution is 2.38. The summed E-state index contributed by atoms with van der Waals surface area (Å²) in [6, 6.07) is 18.4. The molecule has 7 nitrogen and oxygen atoms in total. The van der Waals surface area contributed by atoms with Gasteiger partial charge in [-0.2, -0.15) is 0 Å². The second kappa shape index (κ2) is 12.3. The fourth-order valence-corrected chi connectivity index (χ4v) is 6.69. The van der Waals surface area contributed by atoms with Crippen molar-refractivity contribution in [3.63, 3.8) is 0 Å². The summed E-state index contributed by atoms with van der Waals surface area (Å²) in [5, 5.41) is 4.06. The second-order valence-electron chi connectivity index (χ2n) is 12.3. The number of benzene rings is 2. The smallest absolute Gasteiger partial charge is 0.410 e. The van der Waals surface area contributed by atoms with Gasteiger partial charge in [0, 0.05) is 35.6 Å². The van der Waals surface area contributed by atoms with Crippen molar-refractivity contribution >= 4 is 23.3 Å². The Hall–Kier alpha value is -3.23. The first kappa shape index (κ1) is 29.3. The minimum absolute atomic E-state index is 0.0235. The molecule has 0 radical (unpaired) electrons. The molecular formula is C33H41N3O4S. The van der Waals surface area contributed by atoms with E-state index in [0.29, 0.717) is 19.6 Å². The Morgan fingerprint density at radius 1 is 1.05 bits per heavy atom. The van der Waals surface area contributed by atoms with Crippen molar-refractivity contribution in [2.45, 2.75) is 83.5 Å². The Balaban J connectivity index is 1.19. The Kier molecular flexibility index (Phi) is 8.80. The van der Waals surface area contributed by atoms with Crippen LogP contribution >= 0.6 is 11.3 Å². The van der Waals surface area contributed by atoms with Crippen LogP contribution in [0.25, 0.3) is 21.8 Å². The molecule has 2 amide bonds. The molecule has 218 valence electrons. The zero-order valence-corrected chi connectivity index (χ0v) is 25.4. The number of ether oxygens (including phenoxy) is 2. The maximum atomic E-state index is 13.2. The first-order valence-electron chi connectivity index (χ1n) is 14.6. The molecule has 1 aromatic heterocycles. The van der Waals surface area contributed by atoms with E-state index in [0.717, 1.165) is 58.8 Å². The highest BCUT2D eigenvalue weighted by molar-refractivity contribution is 7.15. The van der Waals surface area contributed by atoms with Crippen molar-refractivity contribution in [1.82, 2.24) is 15.2 Å². The van der Waals surface area contributed by atoms with Gasteiger partial charge in [0.15, 0.2) is 0 Å². The van der Waals surface area contributed by atoms with Crippen molar-refractivity contribution in [2.75, 3.05) is 19.6 Å². The predicted molar refractivity (Wildman–Crippen MR) is 163 cm³/mol. The molecule has 1 N–H and O–H groups in total. The number of carbonyl (C=O) groups is 2. The summed E-state index contributed by atoms with van der Waals surface area (Å²) >= 11 is 1.58. The highest BCUT2D eigenvalue weighted by Gasteiger charge is 2.41. The number of hydrogen-bond donors (Lipinski definition) is 1. The topological polar surface area (TPSA) is 80.8 Å². The fraction of sp³-hybridized carbons (Fsp3) is 0.485. The molecule has 2 saturated heterocycles. The van der Waals surface area contributed by atoms with Gasteiger partial charge in [-0.3, -0.25) is 4.79 Å². The maximum absolute atomic E-state index is 13.2. The molecule has 3 heterocycles. The van der Waals surface area contributed by atoms with E-state index < -0.39 is 5.60 Å².